The Kier molecular flexibility index (Phi) is 4.47. The molecule has 1 saturated heterocycles. The third kappa shape index (κ3) is 3.50. The topological polar surface area (TPSA) is 54.5 Å². The molecule has 0 unspecified atom stereocenters. The van der Waals surface area contributed by atoms with Gasteiger partial charge in [0.1, 0.15) is 0 Å². The minimum atomic E-state index is -0.613. The van der Waals surface area contributed by atoms with E-state index in [1.807, 2.05) is 6.07 Å². The quantitative estimate of drug-likeness (QED) is 0.472. The molecule has 0 bridgehead atoms. The summed E-state index contributed by atoms with van der Waals surface area (Å²) in [5.41, 5.74) is 0. The molecule has 0 saturated carbocycles. The van der Waals surface area contributed by atoms with Crippen molar-refractivity contribution in [2.45, 2.75) is 32.6 Å². The number of Topliss-reactive ketones (excluding diaryl/α,β-unsaturated/α-hetero) is 3. The van der Waals surface area contributed by atoms with E-state index in [9.17, 15) is 14.4 Å². The molecule has 1 aliphatic rings. The van der Waals surface area contributed by atoms with Crippen molar-refractivity contribution in [3.63, 3.8) is 0 Å². The lowest BCUT2D eigenvalue weighted by atomic mass is 10.1. The Morgan fingerprint density at radius 2 is 1.84 bits per heavy atom. The second-order valence-corrected chi connectivity index (χ2v) is 5.83. The normalized spacial score (nSPS) is 15.3. The Bertz CT molecular complexity index is 501. The van der Waals surface area contributed by atoms with E-state index in [0.29, 0.717) is 4.88 Å². The van der Waals surface area contributed by atoms with Crippen LogP contribution >= 0.6 is 11.3 Å². The molecule has 0 radical (unpaired) electrons. The van der Waals surface area contributed by atoms with Gasteiger partial charge in [-0.1, -0.05) is 0 Å². The predicted octanol–water partition coefficient (Wildman–Crippen LogP) is 2.47. The Balaban J connectivity index is 2.01. The molecule has 2 rings (SSSR count). The van der Waals surface area contributed by atoms with Crippen LogP contribution in [0.5, 0.6) is 0 Å². The van der Waals surface area contributed by atoms with Crippen molar-refractivity contribution in [3.05, 3.63) is 17.0 Å². The maximum absolute atomic E-state index is 11.9. The van der Waals surface area contributed by atoms with Crippen molar-refractivity contribution in [3.8, 4) is 0 Å². The molecular formula is C14H17NO3S. The third-order valence-corrected chi connectivity index (χ3v) is 4.44. The zero-order valence-corrected chi connectivity index (χ0v) is 11.8. The van der Waals surface area contributed by atoms with Gasteiger partial charge in [0.05, 0.1) is 16.3 Å². The molecule has 0 N–H and O–H groups in total. The summed E-state index contributed by atoms with van der Waals surface area (Å²) in [6, 6.07) is 3.69. The number of hydrogen-bond donors (Lipinski definition) is 0. The van der Waals surface area contributed by atoms with Crippen LogP contribution in [0.4, 0.5) is 5.00 Å². The minimum Gasteiger partial charge on any atom is -0.363 e. The van der Waals surface area contributed by atoms with Crippen molar-refractivity contribution in [1.82, 2.24) is 0 Å². The van der Waals surface area contributed by atoms with E-state index in [1.165, 1.54) is 37.5 Å². The van der Waals surface area contributed by atoms with Gasteiger partial charge in [0.15, 0.2) is 11.6 Å². The second-order valence-electron chi connectivity index (χ2n) is 4.76. The van der Waals surface area contributed by atoms with Crippen LogP contribution in [0.15, 0.2) is 12.1 Å². The Hall–Kier alpha value is -1.49. The Morgan fingerprint density at radius 3 is 2.47 bits per heavy atom. The van der Waals surface area contributed by atoms with E-state index in [0.717, 1.165) is 18.1 Å². The first-order valence-corrected chi connectivity index (χ1v) is 7.31. The van der Waals surface area contributed by atoms with Crippen LogP contribution in [0.25, 0.3) is 0 Å². The number of carbonyl (C=O) groups excluding carboxylic acids is 3. The largest absolute Gasteiger partial charge is 0.363 e. The number of thiophene rings is 1. The summed E-state index contributed by atoms with van der Waals surface area (Å²) in [5.74, 6) is -1.42. The van der Waals surface area contributed by atoms with Gasteiger partial charge in [0, 0.05) is 20.0 Å². The number of nitrogens with zero attached hydrogens (tertiary/aromatic N) is 1. The lowest BCUT2D eigenvalue weighted by Gasteiger charge is -2.27. The maximum atomic E-state index is 11.9. The summed E-state index contributed by atoms with van der Waals surface area (Å²) in [5, 5.41) is 1.08. The molecular weight excluding hydrogens is 262 g/mol. The summed E-state index contributed by atoms with van der Waals surface area (Å²) in [4.78, 5) is 36.8. The summed E-state index contributed by atoms with van der Waals surface area (Å²) < 4.78 is 0. The molecule has 1 fully saturated rings. The highest BCUT2D eigenvalue weighted by atomic mass is 32.1. The molecule has 1 aromatic rings. The number of carbonyl (C=O) groups is 3. The summed E-state index contributed by atoms with van der Waals surface area (Å²) >= 11 is 1.41. The van der Waals surface area contributed by atoms with Crippen LogP contribution in [0, 0.1) is 0 Å². The predicted molar refractivity (Wildman–Crippen MR) is 75.0 cm³/mol. The fourth-order valence-electron chi connectivity index (χ4n) is 2.12. The second kappa shape index (κ2) is 6.10. The molecule has 0 spiro atoms. The molecule has 0 amide bonds. The lowest BCUT2D eigenvalue weighted by Crippen LogP contribution is -2.28. The van der Waals surface area contributed by atoms with E-state index < -0.39 is 11.6 Å². The highest BCUT2D eigenvalue weighted by Gasteiger charge is 2.19. The minimum absolute atomic E-state index is 0.256. The zero-order valence-electron chi connectivity index (χ0n) is 11.0. The SMILES string of the molecule is CC(=O)C(=O)CC(=O)c1ccc(N2CCCCC2)s1. The van der Waals surface area contributed by atoms with E-state index in [2.05, 4.69) is 4.90 Å². The average molecular weight is 279 g/mol. The van der Waals surface area contributed by atoms with Crippen LogP contribution in [0.3, 0.4) is 0 Å². The first-order valence-electron chi connectivity index (χ1n) is 6.49. The van der Waals surface area contributed by atoms with Crippen LogP contribution in [0.1, 0.15) is 42.3 Å². The van der Waals surface area contributed by atoms with E-state index in [4.69, 9.17) is 0 Å². The van der Waals surface area contributed by atoms with Gasteiger partial charge < -0.3 is 4.90 Å². The standard InChI is InChI=1S/C14H17NO3S/c1-10(16)11(17)9-12(18)13-5-6-14(19-13)15-7-3-2-4-8-15/h5-6H,2-4,7-9H2,1H3. The number of rotatable bonds is 5. The number of hydrogen-bond acceptors (Lipinski definition) is 5. The molecule has 1 aromatic heterocycles. The van der Waals surface area contributed by atoms with Gasteiger partial charge in [-0.05, 0) is 31.4 Å². The van der Waals surface area contributed by atoms with Gasteiger partial charge >= 0.3 is 0 Å². The van der Waals surface area contributed by atoms with Gasteiger partial charge in [-0.15, -0.1) is 11.3 Å². The zero-order chi connectivity index (χ0) is 13.8. The van der Waals surface area contributed by atoms with E-state index >= 15 is 0 Å². The van der Waals surface area contributed by atoms with E-state index in [1.54, 1.807) is 6.07 Å². The first-order chi connectivity index (χ1) is 9.08. The smallest absolute Gasteiger partial charge is 0.205 e. The Morgan fingerprint density at radius 1 is 1.16 bits per heavy atom. The molecule has 0 aliphatic carbocycles. The maximum Gasteiger partial charge on any atom is 0.205 e. The fraction of sp³-hybridized carbons (Fsp3) is 0.500. The fourth-order valence-corrected chi connectivity index (χ4v) is 3.11. The van der Waals surface area contributed by atoms with Gasteiger partial charge in [0.2, 0.25) is 5.78 Å². The van der Waals surface area contributed by atoms with Crippen LogP contribution < -0.4 is 4.90 Å². The molecule has 102 valence electrons. The molecule has 5 heteroatoms. The molecule has 2 heterocycles. The average Bonchev–Trinajstić information content (AvgIpc) is 2.89. The monoisotopic (exact) mass is 279 g/mol. The molecule has 0 aromatic carbocycles. The van der Waals surface area contributed by atoms with Crippen LogP contribution in [-0.4, -0.2) is 30.4 Å². The molecule has 19 heavy (non-hydrogen) atoms. The van der Waals surface area contributed by atoms with E-state index in [-0.39, 0.29) is 12.2 Å². The van der Waals surface area contributed by atoms with Crippen molar-refractivity contribution < 1.29 is 14.4 Å². The summed E-state index contributed by atoms with van der Waals surface area (Å²) in [6.07, 6.45) is 3.32. The first kappa shape index (κ1) is 13.9. The summed E-state index contributed by atoms with van der Waals surface area (Å²) in [6.45, 7) is 3.25. The van der Waals surface area contributed by atoms with Crippen LogP contribution in [0.2, 0.25) is 0 Å². The van der Waals surface area contributed by atoms with Crippen molar-refractivity contribution in [1.29, 1.82) is 0 Å². The number of ketones is 3. The lowest BCUT2D eigenvalue weighted by molar-refractivity contribution is -0.134. The Labute approximate surface area is 116 Å². The molecule has 0 atom stereocenters. The van der Waals surface area contributed by atoms with Crippen molar-refractivity contribution >= 4 is 33.7 Å². The van der Waals surface area contributed by atoms with Gasteiger partial charge in [-0.25, -0.2) is 0 Å². The number of anilines is 1. The molecule has 1 aliphatic heterocycles. The van der Waals surface area contributed by atoms with Crippen molar-refractivity contribution in [2.75, 3.05) is 18.0 Å². The summed E-state index contributed by atoms with van der Waals surface area (Å²) in [7, 11) is 0. The van der Waals surface area contributed by atoms with Crippen LogP contribution in [-0.2, 0) is 9.59 Å². The highest BCUT2D eigenvalue weighted by Crippen LogP contribution is 2.29. The molecule has 4 nitrogen and oxygen atoms in total. The van der Waals surface area contributed by atoms with Gasteiger partial charge in [-0.3, -0.25) is 14.4 Å². The highest BCUT2D eigenvalue weighted by molar-refractivity contribution is 7.18. The number of piperidine rings is 1. The van der Waals surface area contributed by atoms with Crippen molar-refractivity contribution in [2.24, 2.45) is 0 Å². The third-order valence-electron chi connectivity index (χ3n) is 3.25. The van der Waals surface area contributed by atoms with Gasteiger partial charge in [-0.2, -0.15) is 0 Å². The van der Waals surface area contributed by atoms with Gasteiger partial charge in [0.25, 0.3) is 0 Å².